The summed E-state index contributed by atoms with van der Waals surface area (Å²) in [5, 5.41) is 5.51. The molecule has 136 valence electrons. The van der Waals surface area contributed by atoms with Crippen molar-refractivity contribution in [1.29, 1.82) is 0 Å². The summed E-state index contributed by atoms with van der Waals surface area (Å²) in [6.07, 6.45) is 0. The lowest BCUT2D eigenvalue weighted by Crippen LogP contribution is -2.34. The van der Waals surface area contributed by atoms with Crippen LogP contribution in [-0.2, 0) is 0 Å². The van der Waals surface area contributed by atoms with E-state index in [1.807, 2.05) is 13.8 Å². The fourth-order valence-corrected chi connectivity index (χ4v) is 2.54. The summed E-state index contributed by atoms with van der Waals surface area (Å²) in [7, 11) is 0. The van der Waals surface area contributed by atoms with Crippen molar-refractivity contribution in [2.75, 3.05) is 18.4 Å². The average Bonchev–Trinajstić information content (AvgIpc) is 2.63. The molecule has 5 nitrogen and oxygen atoms in total. The molecule has 0 atom stereocenters. The first-order valence-corrected chi connectivity index (χ1v) is 8.62. The normalized spacial score (nSPS) is 10.1. The van der Waals surface area contributed by atoms with Crippen molar-refractivity contribution in [3.05, 3.63) is 65.5 Å². The predicted octanol–water partition coefficient (Wildman–Crippen LogP) is 3.43. The summed E-state index contributed by atoms with van der Waals surface area (Å²) in [6.45, 7) is 5.16. The molecule has 0 saturated carbocycles. The van der Waals surface area contributed by atoms with Gasteiger partial charge in [0.25, 0.3) is 11.8 Å². The summed E-state index contributed by atoms with van der Waals surface area (Å²) in [6, 6.07) is 12.0. The molecule has 0 heterocycles. The van der Waals surface area contributed by atoms with Crippen LogP contribution in [0.1, 0.15) is 34.6 Å². The van der Waals surface area contributed by atoms with Crippen molar-refractivity contribution >= 4 is 34.8 Å². The van der Waals surface area contributed by atoms with Gasteiger partial charge in [0, 0.05) is 29.9 Å². The first kappa shape index (κ1) is 19.5. The molecule has 0 bridgehead atoms. The van der Waals surface area contributed by atoms with Gasteiger partial charge in [0.05, 0.1) is 0 Å². The number of carbonyl (C=O) groups is 2. The number of rotatable bonds is 5. The Morgan fingerprint density at radius 2 is 1.50 bits per heavy atom. The molecule has 0 spiro atoms. The van der Waals surface area contributed by atoms with Gasteiger partial charge in [-0.15, -0.1) is 0 Å². The standard InChI is InChI=1S/C19H20FN3O2S/c1-3-23(4-2)18(25)14-7-11-16(12-8-14)21-19(26)22-17(24)13-5-9-15(20)10-6-13/h5-12H,3-4H2,1-2H3,(H2,21,22,24,26). The van der Waals surface area contributed by atoms with Gasteiger partial charge in [0.1, 0.15) is 5.82 Å². The number of halogens is 1. The molecule has 2 rings (SSSR count). The van der Waals surface area contributed by atoms with E-state index in [4.69, 9.17) is 12.2 Å². The van der Waals surface area contributed by atoms with Crippen molar-refractivity contribution in [2.24, 2.45) is 0 Å². The van der Waals surface area contributed by atoms with Crippen LogP contribution in [-0.4, -0.2) is 34.9 Å². The molecular weight excluding hydrogens is 353 g/mol. The van der Waals surface area contributed by atoms with Crippen LogP contribution in [0.3, 0.4) is 0 Å². The third kappa shape index (κ3) is 5.10. The van der Waals surface area contributed by atoms with Gasteiger partial charge >= 0.3 is 0 Å². The van der Waals surface area contributed by atoms with Crippen LogP contribution < -0.4 is 10.6 Å². The van der Waals surface area contributed by atoms with E-state index in [0.717, 1.165) is 0 Å². The highest BCUT2D eigenvalue weighted by Crippen LogP contribution is 2.12. The maximum absolute atomic E-state index is 12.9. The molecule has 0 aliphatic carbocycles. The zero-order valence-corrected chi connectivity index (χ0v) is 15.4. The van der Waals surface area contributed by atoms with E-state index < -0.39 is 11.7 Å². The molecule has 2 N–H and O–H groups in total. The Morgan fingerprint density at radius 1 is 0.962 bits per heavy atom. The first-order valence-electron chi connectivity index (χ1n) is 8.21. The minimum Gasteiger partial charge on any atom is -0.339 e. The number of hydrogen-bond donors (Lipinski definition) is 2. The maximum Gasteiger partial charge on any atom is 0.257 e. The van der Waals surface area contributed by atoms with E-state index in [2.05, 4.69) is 10.6 Å². The monoisotopic (exact) mass is 373 g/mol. The van der Waals surface area contributed by atoms with Crippen molar-refractivity contribution in [3.63, 3.8) is 0 Å². The van der Waals surface area contributed by atoms with Gasteiger partial charge in [-0.2, -0.15) is 0 Å². The van der Waals surface area contributed by atoms with Crippen LogP contribution in [0, 0.1) is 5.82 Å². The number of nitrogens with one attached hydrogen (secondary N) is 2. The smallest absolute Gasteiger partial charge is 0.257 e. The van der Waals surface area contributed by atoms with Gasteiger partial charge < -0.3 is 10.2 Å². The first-order chi connectivity index (χ1) is 12.4. The van der Waals surface area contributed by atoms with Crippen LogP contribution in [0.2, 0.25) is 0 Å². The molecule has 2 amide bonds. The Balaban J connectivity index is 1.95. The number of benzene rings is 2. The Morgan fingerprint density at radius 3 is 2.04 bits per heavy atom. The number of anilines is 1. The molecule has 0 aliphatic heterocycles. The molecule has 26 heavy (non-hydrogen) atoms. The molecule has 0 aliphatic rings. The Kier molecular flexibility index (Phi) is 6.80. The second-order valence-corrected chi connectivity index (χ2v) is 5.88. The van der Waals surface area contributed by atoms with Crippen LogP contribution in [0.25, 0.3) is 0 Å². The molecule has 2 aromatic carbocycles. The summed E-state index contributed by atoms with van der Waals surface area (Å²) in [5.74, 6) is -0.883. The molecule has 2 aromatic rings. The van der Waals surface area contributed by atoms with Gasteiger partial charge in [-0.05, 0) is 74.6 Å². The summed E-state index contributed by atoms with van der Waals surface area (Å²) < 4.78 is 12.9. The van der Waals surface area contributed by atoms with E-state index in [1.54, 1.807) is 29.2 Å². The minimum atomic E-state index is -0.434. The molecule has 0 aromatic heterocycles. The number of amides is 2. The lowest BCUT2D eigenvalue weighted by Gasteiger charge is -2.18. The molecule has 0 fully saturated rings. The molecule has 0 saturated heterocycles. The zero-order chi connectivity index (χ0) is 19.1. The Labute approximate surface area is 157 Å². The Bertz CT molecular complexity index is 787. The lowest BCUT2D eigenvalue weighted by molar-refractivity contribution is 0.0772. The second-order valence-electron chi connectivity index (χ2n) is 5.47. The quantitative estimate of drug-likeness (QED) is 0.789. The number of nitrogens with zero attached hydrogens (tertiary/aromatic N) is 1. The topological polar surface area (TPSA) is 61.4 Å². The third-order valence-electron chi connectivity index (χ3n) is 3.77. The van der Waals surface area contributed by atoms with Crippen molar-refractivity contribution < 1.29 is 14.0 Å². The largest absolute Gasteiger partial charge is 0.339 e. The van der Waals surface area contributed by atoms with Gasteiger partial charge in [0.2, 0.25) is 0 Å². The third-order valence-corrected chi connectivity index (χ3v) is 3.98. The van der Waals surface area contributed by atoms with Gasteiger partial charge in [0.15, 0.2) is 5.11 Å². The van der Waals surface area contributed by atoms with E-state index >= 15 is 0 Å². The van der Waals surface area contributed by atoms with Gasteiger partial charge in [-0.3, -0.25) is 14.9 Å². The van der Waals surface area contributed by atoms with Crippen LogP contribution in [0.4, 0.5) is 10.1 Å². The summed E-state index contributed by atoms with van der Waals surface area (Å²) >= 11 is 5.11. The number of carbonyl (C=O) groups excluding carboxylic acids is 2. The minimum absolute atomic E-state index is 0.0336. The highest BCUT2D eigenvalue weighted by atomic mass is 32.1. The number of thiocarbonyl (C=S) groups is 1. The SMILES string of the molecule is CCN(CC)C(=O)c1ccc(NC(=S)NC(=O)c2ccc(F)cc2)cc1. The summed E-state index contributed by atoms with van der Waals surface area (Å²) in [5.41, 5.74) is 1.53. The number of hydrogen-bond acceptors (Lipinski definition) is 3. The van der Waals surface area contributed by atoms with Gasteiger partial charge in [-0.1, -0.05) is 0 Å². The van der Waals surface area contributed by atoms with Crippen LogP contribution in [0.15, 0.2) is 48.5 Å². The van der Waals surface area contributed by atoms with Gasteiger partial charge in [-0.25, -0.2) is 4.39 Å². The van der Waals surface area contributed by atoms with Crippen LogP contribution in [0.5, 0.6) is 0 Å². The van der Waals surface area contributed by atoms with Crippen molar-refractivity contribution in [3.8, 4) is 0 Å². The molecule has 0 unspecified atom stereocenters. The van der Waals surface area contributed by atoms with E-state index in [9.17, 15) is 14.0 Å². The highest BCUT2D eigenvalue weighted by molar-refractivity contribution is 7.80. The van der Waals surface area contributed by atoms with Crippen molar-refractivity contribution in [1.82, 2.24) is 10.2 Å². The Hall–Kier alpha value is -2.80. The van der Waals surface area contributed by atoms with E-state index in [1.165, 1.54) is 24.3 Å². The fourth-order valence-electron chi connectivity index (χ4n) is 2.33. The molecule has 0 radical (unpaired) electrons. The second kappa shape index (κ2) is 9.05. The van der Waals surface area contributed by atoms with Crippen LogP contribution >= 0.6 is 12.2 Å². The average molecular weight is 373 g/mol. The highest BCUT2D eigenvalue weighted by Gasteiger charge is 2.12. The molecule has 7 heteroatoms. The van der Waals surface area contributed by atoms with E-state index in [0.29, 0.717) is 29.9 Å². The van der Waals surface area contributed by atoms with E-state index in [-0.39, 0.29) is 11.0 Å². The fraction of sp³-hybridized carbons (Fsp3) is 0.211. The summed E-state index contributed by atoms with van der Waals surface area (Å²) in [4.78, 5) is 26.0. The van der Waals surface area contributed by atoms with Crippen molar-refractivity contribution in [2.45, 2.75) is 13.8 Å². The molecular formula is C19H20FN3O2S. The predicted molar refractivity (Wildman–Crippen MR) is 104 cm³/mol. The maximum atomic E-state index is 12.9. The zero-order valence-electron chi connectivity index (χ0n) is 14.6. The lowest BCUT2D eigenvalue weighted by atomic mass is 10.2.